The Morgan fingerprint density at radius 1 is 0.818 bits per heavy atom. The van der Waals surface area contributed by atoms with Gasteiger partial charge in [-0.1, -0.05) is 45.6 Å². The summed E-state index contributed by atoms with van der Waals surface area (Å²) in [5, 5.41) is 0. The fraction of sp³-hybridized carbons (Fsp3) is 0.483. The third kappa shape index (κ3) is 11.1. The number of rotatable bonds is 17. The quantitative estimate of drug-likeness (QED) is 0.105. The first-order valence-corrected chi connectivity index (χ1v) is 12.4. The number of allylic oxidation sites excluding steroid dienone is 1. The van der Waals surface area contributed by atoms with E-state index in [1.165, 1.54) is 25.7 Å². The second kappa shape index (κ2) is 16.0. The van der Waals surface area contributed by atoms with Gasteiger partial charge in [0, 0.05) is 0 Å². The van der Waals surface area contributed by atoms with Crippen LogP contribution in [0, 0.1) is 5.92 Å². The average molecular weight is 453 g/mol. The molecular weight excluding hydrogens is 412 g/mol. The molecule has 1 atom stereocenters. The van der Waals surface area contributed by atoms with E-state index < -0.39 is 0 Å². The van der Waals surface area contributed by atoms with Crippen molar-refractivity contribution in [2.75, 3.05) is 13.2 Å². The summed E-state index contributed by atoms with van der Waals surface area (Å²) < 4.78 is 17.0. The Morgan fingerprint density at radius 3 is 1.94 bits per heavy atom. The highest BCUT2D eigenvalue weighted by molar-refractivity contribution is 5.91. The van der Waals surface area contributed by atoms with Crippen LogP contribution in [0.15, 0.2) is 61.2 Å². The summed E-state index contributed by atoms with van der Waals surface area (Å²) in [5.74, 6) is 2.48. The van der Waals surface area contributed by atoms with Crippen LogP contribution in [0.5, 0.6) is 17.2 Å². The highest BCUT2D eigenvalue weighted by Crippen LogP contribution is 2.20. The van der Waals surface area contributed by atoms with Gasteiger partial charge < -0.3 is 14.2 Å². The van der Waals surface area contributed by atoms with E-state index in [4.69, 9.17) is 14.2 Å². The molecule has 0 saturated heterocycles. The van der Waals surface area contributed by atoms with Crippen LogP contribution in [0.4, 0.5) is 0 Å². The first-order chi connectivity index (χ1) is 16.1. The first kappa shape index (κ1) is 26.5. The second-order valence-corrected chi connectivity index (χ2v) is 8.58. The van der Waals surface area contributed by atoms with Crippen LogP contribution in [0.2, 0.25) is 0 Å². The van der Waals surface area contributed by atoms with Crippen LogP contribution in [-0.4, -0.2) is 19.2 Å². The Balaban J connectivity index is 1.67. The van der Waals surface area contributed by atoms with Crippen LogP contribution in [0.25, 0.3) is 0 Å². The maximum atomic E-state index is 12.4. The van der Waals surface area contributed by atoms with Gasteiger partial charge in [0.2, 0.25) is 0 Å². The van der Waals surface area contributed by atoms with Crippen LogP contribution in [-0.2, 0) is 0 Å². The Morgan fingerprint density at radius 2 is 1.36 bits per heavy atom. The number of benzene rings is 2. The zero-order valence-electron chi connectivity index (χ0n) is 20.4. The third-order valence-electron chi connectivity index (χ3n) is 5.75. The van der Waals surface area contributed by atoms with Crippen LogP contribution < -0.4 is 14.2 Å². The van der Waals surface area contributed by atoms with Crippen LogP contribution in [0.1, 0.15) is 82.0 Å². The van der Waals surface area contributed by atoms with Gasteiger partial charge in [-0.25, -0.2) is 4.79 Å². The van der Waals surface area contributed by atoms with Gasteiger partial charge in [0.05, 0.1) is 18.8 Å². The molecule has 0 saturated carbocycles. The Labute approximate surface area is 200 Å². The Kier molecular flexibility index (Phi) is 12.8. The smallest absolute Gasteiger partial charge is 0.343 e. The first-order valence-electron chi connectivity index (χ1n) is 12.4. The molecule has 0 heterocycles. The molecule has 2 rings (SSSR count). The molecule has 0 unspecified atom stereocenters. The van der Waals surface area contributed by atoms with E-state index in [9.17, 15) is 4.79 Å². The number of ether oxygens (including phenoxy) is 3. The van der Waals surface area contributed by atoms with Crippen molar-refractivity contribution < 1.29 is 19.0 Å². The minimum absolute atomic E-state index is 0.388. The van der Waals surface area contributed by atoms with E-state index in [-0.39, 0.29) is 5.97 Å². The molecule has 0 amide bonds. The van der Waals surface area contributed by atoms with Crippen molar-refractivity contribution in [1.29, 1.82) is 0 Å². The molecule has 2 aromatic rings. The number of carbonyl (C=O) groups excluding carboxylic acids is 1. The number of hydrogen-bond acceptors (Lipinski definition) is 4. The van der Waals surface area contributed by atoms with Crippen molar-refractivity contribution in [3.63, 3.8) is 0 Å². The average Bonchev–Trinajstić information content (AvgIpc) is 2.84. The fourth-order valence-corrected chi connectivity index (χ4v) is 3.38. The number of carbonyl (C=O) groups is 1. The molecule has 0 radical (unpaired) electrons. The van der Waals surface area contributed by atoms with E-state index in [1.807, 2.05) is 18.2 Å². The maximum absolute atomic E-state index is 12.4. The molecule has 180 valence electrons. The van der Waals surface area contributed by atoms with Gasteiger partial charge in [0.1, 0.15) is 17.2 Å². The molecular formula is C29H40O4. The number of hydrogen-bond donors (Lipinski definition) is 0. The summed E-state index contributed by atoms with van der Waals surface area (Å²) in [6, 6.07) is 14.3. The molecule has 0 aliphatic heterocycles. The molecule has 4 nitrogen and oxygen atoms in total. The van der Waals surface area contributed by atoms with Crippen molar-refractivity contribution in [3.05, 3.63) is 66.7 Å². The van der Waals surface area contributed by atoms with Crippen molar-refractivity contribution in [2.45, 2.75) is 71.6 Å². The summed E-state index contributed by atoms with van der Waals surface area (Å²) >= 11 is 0. The number of unbranched alkanes of at least 4 members (excludes halogenated alkanes) is 5. The van der Waals surface area contributed by atoms with E-state index in [2.05, 4.69) is 20.4 Å². The van der Waals surface area contributed by atoms with Crippen molar-refractivity contribution in [3.8, 4) is 17.2 Å². The molecule has 0 aliphatic rings. The van der Waals surface area contributed by atoms with E-state index in [1.54, 1.807) is 36.4 Å². The van der Waals surface area contributed by atoms with Crippen LogP contribution in [0.3, 0.4) is 0 Å². The maximum Gasteiger partial charge on any atom is 0.343 e. The van der Waals surface area contributed by atoms with E-state index in [0.717, 1.165) is 49.5 Å². The molecule has 0 aliphatic carbocycles. The lowest BCUT2D eigenvalue weighted by atomic mass is 10.0. The lowest BCUT2D eigenvalue weighted by Gasteiger charge is -2.10. The Bertz CT molecular complexity index is 795. The van der Waals surface area contributed by atoms with Crippen molar-refractivity contribution in [1.82, 2.24) is 0 Å². The van der Waals surface area contributed by atoms with Crippen LogP contribution >= 0.6 is 0 Å². The summed E-state index contributed by atoms with van der Waals surface area (Å²) in [6.45, 7) is 9.67. The minimum atomic E-state index is -0.388. The third-order valence-corrected chi connectivity index (χ3v) is 5.75. The SMILES string of the molecule is C=CCCCCCOc1ccc(C(=O)Oc2ccc(OCCCCC[C@@H](C)CC)cc2)cc1. The van der Waals surface area contributed by atoms with Gasteiger partial charge in [0.15, 0.2) is 0 Å². The molecule has 0 fully saturated rings. The monoisotopic (exact) mass is 452 g/mol. The zero-order chi connectivity index (χ0) is 23.7. The largest absolute Gasteiger partial charge is 0.494 e. The molecule has 33 heavy (non-hydrogen) atoms. The van der Waals surface area contributed by atoms with Crippen molar-refractivity contribution >= 4 is 5.97 Å². The standard InChI is InChI=1S/C29H40O4/c1-4-6-7-8-11-22-31-26-16-14-25(15-17-26)29(30)33-28-20-18-27(19-21-28)32-23-12-9-10-13-24(3)5-2/h4,14-21,24H,1,5-13,22-23H2,2-3H3/t24-/m0/s1. The summed E-state index contributed by atoms with van der Waals surface area (Å²) in [6.07, 6.45) is 12.3. The van der Waals surface area contributed by atoms with Gasteiger partial charge >= 0.3 is 5.97 Å². The predicted molar refractivity (Wildman–Crippen MR) is 135 cm³/mol. The molecule has 0 spiro atoms. The second-order valence-electron chi connectivity index (χ2n) is 8.58. The molecule has 0 N–H and O–H groups in total. The van der Waals surface area contributed by atoms with Gasteiger partial charge in [-0.3, -0.25) is 0 Å². The molecule has 0 aromatic heterocycles. The molecule has 4 heteroatoms. The van der Waals surface area contributed by atoms with Gasteiger partial charge in [-0.05, 0) is 86.6 Å². The topological polar surface area (TPSA) is 44.8 Å². The summed E-state index contributed by atoms with van der Waals surface area (Å²) in [4.78, 5) is 12.4. The van der Waals surface area contributed by atoms with E-state index in [0.29, 0.717) is 24.5 Å². The lowest BCUT2D eigenvalue weighted by molar-refractivity contribution is 0.0734. The van der Waals surface area contributed by atoms with Gasteiger partial charge in [0.25, 0.3) is 0 Å². The zero-order valence-corrected chi connectivity index (χ0v) is 20.4. The lowest BCUT2D eigenvalue weighted by Crippen LogP contribution is -2.08. The van der Waals surface area contributed by atoms with Crippen molar-refractivity contribution in [2.24, 2.45) is 5.92 Å². The highest BCUT2D eigenvalue weighted by Gasteiger charge is 2.09. The summed E-state index contributed by atoms with van der Waals surface area (Å²) in [5.41, 5.74) is 0.492. The minimum Gasteiger partial charge on any atom is -0.494 e. The predicted octanol–water partition coefficient (Wildman–Crippen LogP) is 8.02. The Hall–Kier alpha value is -2.75. The normalized spacial score (nSPS) is 11.6. The van der Waals surface area contributed by atoms with Gasteiger partial charge in [-0.2, -0.15) is 0 Å². The highest BCUT2D eigenvalue weighted by atomic mass is 16.5. The summed E-state index contributed by atoms with van der Waals surface area (Å²) in [7, 11) is 0. The van der Waals surface area contributed by atoms with E-state index >= 15 is 0 Å². The molecule has 2 aromatic carbocycles. The fourth-order valence-electron chi connectivity index (χ4n) is 3.38. The number of esters is 1. The van der Waals surface area contributed by atoms with Gasteiger partial charge in [-0.15, -0.1) is 6.58 Å². The molecule has 0 bridgehead atoms.